The minimum atomic E-state index is 0.449. The molecule has 90 valence electrons. The molecular weight excluding hydrogens is 202 g/mol. The molecule has 1 atom stereocenters. The van der Waals surface area contributed by atoms with Gasteiger partial charge in [0.2, 0.25) is 0 Å². The molecule has 0 bridgehead atoms. The van der Waals surface area contributed by atoms with Crippen molar-refractivity contribution in [2.75, 3.05) is 17.4 Å². The fourth-order valence-electron chi connectivity index (χ4n) is 1.40. The zero-order chi connectivity index (χ0) is 12.1. The molecule has 0 aromatic carbocycles. The van der Waals surface area contributed by atoms with Crippen LogP contribution in [0.25, 0.3) is 0 Å². The smallest absolute Gasteiger partial charge is 0.145 e. The van der Waals surface area contributed by atoms with E-state index >= 15 is 0 Å². The van der Waals surface area contributed by atoms with Crippen molar-refractivity contribution in [3.63, 3.8) is 0 Å². The summed E-state index contributed by atoms with van der Waals surface area (Å²) in [6.45, 7) is 6.36. The summed E-state index contributed by atoms with van der Waals surface area (Å²) in [6, 6.07) is 2.32. The second kappa shape index (κ2) is 5.65. The van der Waals surface area contributed by atoms with Gasteiger partial charge in [-0.3, -0.25) is 0 Å². The van der Waals surface area contributed by atoms with Gasteiger partial charge in [0.05, 0.1) is 0 Å². The van der Waals surface area contributed by atoms with Crippen molar-refractivity contribution in [1.82, 2.24) is 9.97 Å². The van der Waals surface area contributed by atoms with Crippen molar-refractivity contribution in [3.8, 4) is 0 Å². The number of nitrogen functional groups attached to an aromatic ring is 1. The van der Waals surface area contributed by atoms with Crippen LogP contribution in [0.4, 0.5) is 11.6 Å². The van der Waals surface area contributed by atoms with Crippen molar-refractivity contribution in [1.29, 1.82) is 0 Å². The van der Waals surface area contributed by atoms with Gasteiger partial charge in [-0.2, -0.15) is 0 Å². The van der Waals surface area contributed by atoms with Crippen LogP contribution in [0.2, 0.25) is 0 Å². The summed E-state index contributed by atoms with van der Waals surface area (Å²) in [7, 11) is 2.04. The Hall–Kier alpha value is -1.36. The van der Waals surface area contributed by atoms with Gasteiger partial charge in [0, 0.05) is 25.6 Å². The zero-order valence-corrected chi connectivity index (χ0v) is 10.5. The normalized spacial score (nSPS) is 12.3. The summed E-state index contributed by atoms with van der Waals surface area (Å²) >= 11 is 0. The molecule has 0 amide bonds. The Balaban J connectivity index is 3.02. The summed E-state index contributed by atoms with van der Waals surface area (Å²) in [5, 5.41) is 0. The maximum Gasteiger partial charge on any atom is 0.145 e. The number of nitrogens with zero attached hydrogens (tertiary/aromatic N) is 3. The lowest BCUT2D eigenvalue weighted by Gasteiger charge is -2.25. The van der Waals surface area contributed by atoms with Crippen LogP contribution in [0.1, 0.15) is 33.0 Å². The Morgan fingerprint density at radius 1 is 1.44 bits per heavy atom. The molecule has 0 fully saturated rings. The van der Waals surface area contributed by atoms with Gasteiger partial charge >= 0.3 is 0 Å². The number of nitrogens with one attached hydrogen (secondary N) is 1. The van der Waals surface area contributed by atoms with Crippen molar-refractivity contribution < 1.29 is 0 Å². The molecule has 16 heavy (non-hydrogen) atoms. The molecule has 1 aromatic heterocycles. The van der Waals surface area contributed by atoms with Crippen molar-refractivity contribution in [2.45, 2.75) is 39.7 Å². The lowest BCUT2D eigenvalue weighted by Crippen LogP contribution is -2.29. The lowest BCUT2D eigenvalue weighted by atomic mass is 10.2. The van der Waals surface area contributed by atoms with Crippen molar-refractivity contribution in [2.24, 2.45) is 5.84 Å². The van der Waals surface area contributed by atoms with Gasteiger partial charge in [-0.1, -0.05) is 13.8 Å². The molecule has 0 aliphatic carbocycles. The monoisotopic (exact) mass is 223 g/mol. The van der Waals surface area contributed by atoms with Gasteiger partial charge < -0.3 is 10.3 Å². The molecule has 0 saturated carbocycles. The summed E-state index contributed by atoms with van der Waals surface area (Å²) in [5.74, 6) is 7.77. The van der Waals surface area contributed by atoms with Crippen molar-refractivity contribution >= 4 is 11.6 Å². The molecule has 3 N–H and O–H groups in total. The van der Waals surface area contributed by atoms with Gasteiger partial charge in [-0.15, -0.1) is 0 Å². The van der Waals surface area contributed by atoms with Gasteiger partial charge in [0.1, 0.15) is 17.5 Å². The van der Waals surface area contributed by atoms with E-state index in [2.05, 4.69) is 34.1 Å². The van der Waals surface area contributed by atoms with Crippen LogP contribution in [-0.2, 0) is 6.42 Å². The number of hydrogen-bond donors (Lipinski definition) is 2. The number of hydrazine groups is 1. The van der Waals surface area contributed by atoms with Crippen LogP contribution in [0.15, 0.2) is 6.07 Å². The van der Waals surface area contributed by atoms with E-state index in [1.54, 1.807) is 0 Å². The summed E-state index contributed by atoms with van der Waals surface area (Å²) in [6.07, 6.45) is 1.88. The van der Waals surface area contributed by atoms with E-state index in [9.17, 15) is 0 Å². The Labute approximate surface area is 97.0 Å². The number of anilines is 2. The van der Waals surface area contributed by atoms with Crippen LogP contribution < -0.4 is 16.2 Å². The molecule has 0 aliphatic heterocycles. The summed E-state index contributed by atoms with van der Waals surface area (Å²) in [5.41, 5.74) is 2.58. The average Bonchev–Trinajstić information content (AvgIpc) is 2.35. The van der Waals surface area contributed by atoms with Crippen LogP contribution in [0.3, 0.4) is 0 Å². The first-order valence-corrected chi connectivity index (χ1v) is 5.69. The largest absolute Gasteiger partial charge is 0.357 e. The van der Waals surface area contributed by atoms with E-state index in [0.717, 1.165) is 24.5 Å². The summed E-state index contributed by atoms with van der Waals surface area (Å²) < 4.78 is 0. The minimum absolute atomic E-state index is 0.449. The number of aryl methyl sites for hydroxylation is 1. The third-order valence-electron chi connectivity index (χ3n) is 2.84. The van der Waals surface area contributed by atoms with E-state index in [-0.39, 0.29) is 0 Å². The Bertz CT molecular complexity index is 317. The molecule has 0 aliphatic rings. The molecule has 1 aromatic rings. The number of aromatic nitrogens is 2. The SMILES string of the molecule is CCc1nc(NN)cc(N(C)C(C)CC)n1. The number of hydrogen-bond acceptors (Lipinski definition) is 5. The molecule has 0 spiro atoms. The van der Waals surface area contributed by atoms with Gasteiger partial charge in [-0.25, -0.2) is 15.8 Å². The number of nitrogens with two attached hydrogens (primary N) is 1. The molecule has 0 radical (unpaired) electrons. The van der Waals surface area contributed by atoms with Crippen LogP contribution in [0, 0.1) is 0 Å². The van der Waals surface area contributed by atoms with Gasteiger partial charge in [0.25, 0.3) is 0 Å². The maximum absolute atomic E-state index is 5.39. The van der Waals surface area contributed by atoms with E-state index in [1.165, 1.54) is 0 Å². The van der Waals surface area contributed by atoms with Gasteiger partial charge in [-0.05, 0) is 13.3 Å². The first-order valence-electron chi connectivity index (χ1n) is 5.69. The zero-order valence-electron chi connectivity index (χ0n) is 10.5. The quantitative estimate of drug-likeness (QED) is 0.585. The molecule has 1 rings (SSSR count). The molecule has 5 heteroatoms. The second-order valence-electron chi connectivity index (χ2n) is 3.89. The predicted molar refractivity (Wildman–Crippen MR) is 67.4 cm³/mol. The van der Waals surface area contributed by atoms with E-state index in [1.807, 2.05) is 20.0 Å². The highest BCUT2D eigenvalue weighted by molar-refractivity contribution is 5.48. The Kier molecular flexibility index (Phi) is 4.49. The molecular formula is C11H21N5. The van der Waals surface area contributed by atoms with E-state index in [0.29, 0.717) is 11.9 Å². The fraction of sp³-hybridized carbons (Fsp3) is 0.636. The maximum atomic E-state index is 5.39. The molecule has 0 saturated heterocycles. The first kappa shape index (κ1) is 12.7. The highest BCUT2D eigenvalue weighted by Gasteiger charge is 2.11. The second-order valence-corrected chi connectivity index (χ2v) is 3.89. The summed E-state index contributed by atoms with van der Waals surface area (Å²) in [4.78, 5) is 10.9. The minimum Gasteiger partial charge on any atom is -0.357 e. The van der Waals surface area contributed by atoms with E-state index in [4.69, 9.17) is 5.84 Å². The van der Waals surface area contributed by atoms with Crippen molar-refractivity contribution in [3.05, 3.63) is 11.9 Å². The molecule has 1 heterocycles. The molecule has 1 unspecified atom stereocenters. The predicted octanol–water partition coefficient (Wildman–Crippen LogP) is 1.56. The first-order chi connectivity index (χ1) is 7.62. The highest BCUT2D eigenvalue weighted by atomic mass is 15.3. The van der Waals surface area contributed by atoms with E-state index < -0.39 is 0 Å². The standard InChI is InChI=1S/C11H21N5/c1-5-8(3)16(4)11-7-10(15-12)13-9(6-2)14-11/h7-8H,5-6,12H2,1-4H3,(H,13,14,15). The van der Waals surface area contributed by atoms with Crippen LogP contribution in [0.5, 0.6) is 0 Å². The topological polar surface area (TPSA) is 67.1 Å². The average molecular weight is 223 g/mol. The Morgan fingerprint density at radius 3 is 2.62 bits per heavy atom. The molecule has 5 nitrogen and oxygen atoms in total. The lowest BCUT2D eigenvalue weighted by molar-refractivity contribution is 0.654. The third-order valence-corrected chi connectivity index (χ3v) is 2.84. The highest BCUT2D eigenvalue weighted by Crippen LogP contribution is 2.17. The van der Waals surface area contributed by atoms with Crippen LogP contribution in [-0.4, -0.2) is 23.1 Å². The third kappa shape index (κ3) is 2.82. The Morgan fingerprint density at radius 2 is 2.12 bits per heavy atom. The fourth-order valence-corrected chi connectivity index (χ4v) is 1.40. The number of rotatable bonds is 5. The van der Waals surface area contributed by atoms with Crippen LogP contribution >= 0.6 is 0 Å². The van der Waals surface area contributed by atoms with Gasteiger partial charge in [0.15, 0.2) is 0 Å².